The van der Waals surface area contributed by atoms with Crippen molar-refractivity contribution in [3.05, 3.63) is 0 Å². The van der Waals surface area contributed by atoms with Gasteiger partial charge in [0.2, 0.25) is 0 Å². The van der Waals surface area contributed by atoms with Crippen LogP contribution in [0.4, 0.5) is 4.79 Å². The van der Waals surface area contributed by atoms with Crippen molar-refractivity contribution < 1.29 is 14.6 Å². The molecule has 0 aliphatic carbocycles. The zero-order valence-electron chi connectivity index (χ0n) is 12.1. The number of aliphatic hydroxyl groups is 1. The van der Waals surface area contributed by atoms with Gasteiger partial charge in [-0.3, -0.25) is 0 Å². The normalized spacial score (nSPS) is 20.1. The molecule has 0 bridgehead atoms. The third kappa shape index (κ3) is 6.01. The number of likely N-dealkylation sites (tertiary alicyclic amines) is 1. The van der Waals surface area contributed by atoms with Crippen LogP contribution in [0.1, 0.15) is 26.7 Å². The summed E-state index contributed by atoms with van der Waals surface area (Å²) in [5.41, 5.74) is -0.669. The molecule has 19 heavy (non-hydrogen) atoms. The first-order chi connectivity index (χ1) is 8.98. The molecule has 1 aliphatic heterocycles. The average molecular weight is 290 g/mol. The Kier molecular flexibility index (Phi) is 6.96. The number of amides is 1. The lowest BCUT2D eigenvalue weighted by Crippen LogP contribution is -2.49. The maximum Gasteiger partial charge on any atom is 0.409 e. The third-order valence-corrected chi connectivity index (χ3v) is 4.16. The van der Waals surface area contributed by atoms with E-state index in [-0.39, 0.29) is 6.09 Å². The van der Waals surface area contributed by atoms with Crippen LogP contribution < -0.4 is 5.32 Å². The van der Waals surface area contributed by atoms with Gasteiger partial charge in [-0.2, -0.15) is 11.8 Å². The molecule has 1 aliphatic rings. The number of carbonyl (C=O) groups excluding carboxylic acids is 1. The molecule has 0 aromatic heterocycles. The standard InChI is InChI=1S/C13H26N2O3S/c1-4-18-12(16)15-7-5-11(6-8-15)14-9-13(2,17)10-19-3/h11,14,17H,4-10H2,1-3H3. The molecule has 1 rings (SSSR count). The molecular weight excluding hydrogens is 264 g/mol. The van der Waals surface area contributed by atoms with Crippen molar-refractivity contribution in [2.24, 2.45) is 0 Å². The van der Waals surface area contributed by atoms with E-state index in [4.69, 9.17) is 4.74 Å². The first-order valence-corrected chi connectivity index (χ1v) is 8.24. The number of rotatable bonds is 6. The van der Waals surface area contributed by atoms with Crippen LogP contribution >= 0.6 is 11.8 Å². The summed E-state index contributed by atoms with van der Waals surface area (Å²) in [6.07, 6.45) is 3.60. The zero-order valence-corrected chi connectivity index (χ0v) is 13.0. The van der Waals surface area contributed by atoms with Crippen LogP contribution in [0.15, 0.2) is 0 Å². The molecule has 2 N–H and O–H groups in total. The summed E-state index contributed by atoms with van der Waals surface area (Å²) in [7, 11) is 0. The Balaban J connectivity index is 2.25. The lowest BCUT2D eigenvalue weighted by atomic mass is 10.0. The van der Waals surface area contributed by atoms with Crippen molar-refractivity contribution in [2.45, 2.75) is 38.3 Å². The van der Waals surface area contributed by atoms with Gasteiger partial charge < -0.3 is 20.1 Å². The number of carbonyl (C=O) groups is 1. The van der Waals surface area contributed by atoms with Crippen molar-refractivity contribution in [3.8, 4) is 0 Å². The second kappa shape index (κ2) is 7.97. The van der Waals surface area contributed by atoms with Gasteiger partial charge in [0.15, 0.2) is 0 Å². The molecule has 1 fully saturated rings. The maximum absolute atomic E-state index is 11.5. The lowest BCUT2D eigenvalue weighted by Gasteiger charge is -2.33. The van der Waals surface area contributed by atoms with Gasteiger partial charge in [0, 0.05) is 31.4 Å². The first-order valence-electron chi connectivity index (χ1n) is 6.85. The van der Waals surface area contributed by atoms with Gasteiger partial charge in [0.1, 0.15) is 0 Å². The molecule has 0 aromatic carbocycles. The molecule has 5 nitrogen and oxygen atoms in total. The summed E-state index contributed by atoms with van der Waals surface area (Å²) in [6.45, 7) is 6.14. The van der Waals surface area contributed by atoms with Crippen LogP contribution in [0.2, 0.25) is 0 Å². The summed E-state index contributed by atoms with van der Waals surface area (Å²) in [5.74, 6) is 0.724. The van der Waals surface area contributed by atoms with Gasteiger partial charge in [-0.1, -0.05) is 0 Å². The van der Waals surface area contributed by atoms with Crippen molar-refractivity contribution in [1.82, 2.24) is 10.2 Å². The Morgan fingerprint density at radius 2 is 2.16 bits per heavy atom. The zero-order chi connectivity index (χ0) is 14.3. The van der Waals surface area contributed by atoms with E-state index in [1.165, 1.54) is 0 Å². The molecule has 1 atom stereocenters. The van der Waals surface area contributed by atoms with Crippen molar-refractivity contribution in [2.75, 3.05) is 38.2 Å². The van der Waals surface area contributed by atoms with E-state index in [1.807, 2.05) is 20.1 Å². The Morgan fingerprint density at radius 3 is 2.68 bits per heavy atom. The Morgan fingerprint density at radius 1 is 1.53 bits per heavy atom. The number of thioether (sulfide) groups is 1. The highest BCUT2D eigenvalue weighted by atomic mass is 32.2. The van der Waals surface area contributed by atoms with Crippen LogP contribution in [0.3, 0.4) is 0 Å². The SMILES string of the molecule is CCOC(=O)N1CCC(NCC(C)(O)CSC)CC1. The quantitative estimate of drug-likeness (QED) is 0.772. The van der Waals surface area contributed by atoms with Gasteiger partial charge in [-0.15, -0.1) is 0 Å². The second-order valence-corrected chi connectivity index (χ2v) is 6.14. The number of nitrogens with one attached hydrogen (secondary N) is 1. The largest absolute Gasteiger partial charge is 0.450 e. The molecule has 112 valence electrons. The topological polar surface area (TPSA) is 61.8 Å². The van der Waals surface area contributed by atoms with Gasteiger partial charge in [0.05, 0.1) is 12.2 Å². The van der Waals surface area contributed by atoms with Crippen LogP contribution in [-0.2, 0) is 4.74 Å². The third-order valence-electron chi connectivity index (χ3n) is 3.25. The molecule has 0 radical (unpaired) electrons. The number of ether oxygens (including phenoxy) is 1. The van der Waals surface area contributed by atoms with E-state index in [9.17, 15) is 9.90 Å². The highest BCUT2D eigenvalue weighted by Gasteiger charge is 2.26. The van der Waals surface area contributed by atoms with Crippen molar-refractivity contribution >= 4 is 17.9 Å². The predicted molar refractivity (Wildman–Crippen MR) is 78.6 cm³/mol. The molecular formula is C13H26N2O3S. The minimum Gasteiger partial charge on any atom is -0.450 e. The molecule has 0 spiro atoms. The first kappa shape index (κ1) is 16.6. The van der Waals surface area contributed by atoms with Gasteiger partial charge in [-0.05, 0) is 32.9 Å². The summed E-state index contributed by atoms with van der Waals surface area (Å²) in [6, 6.07) is 0.374. The number of piperidine rings is 1. The van der Waals surface area contributed by atoms with Crippen molar-refractivity contribution in [1.29, 1.82) is 0 Å². The summed E-state index contributed by atoms with van der Waals surface area (Å²) >= 11 is 1.65. The molecule has 0 saturated carbocycles. The number of nitrogens with zero attached hydrogens (tertiary/aromatic N) is 1. The van der Waals surface area contributed by atoms with Crippen LogP contribution in [0, 0.1) is 0 Å². The lowest BCUT2D eigenvalue weighted by molar-refractivity contribution is 0.0716. The van der Waals surface area contributed by atoms with E-state index >= 15 is 0 Å². The predicted octanol–water partition coefficient (Wildman–Crippen LogP) is 1.31. The molecule has 1 unspecified atom stereocenters. The Labute approximate surface area is 120 Å². The fraction of sp³-hybridized carbons (Fsp3) is 0.923. The Hall–Kier alpha value is -0.460. The smallest absolute Gasteiger partial charge is 0.409 e. The van der Waals surface area contributed by atoms with Gasteiger partial charge in [0.25, 0.3) is 0 Å². The van der Waals surface area contributed by atoms with E-state index in [2.05, 4.69) is 5.32 Å². The molecule has 1 heterocycles. The summed E-state index contributed by atoms with van der Waals surface area (Å²) in [5, 5.41) is 13.5. The monoisotopic (exact) mass is 290 g/mol. The van der Waals surface area contributed by atoms with E-state index in [1.54, 1.807) is 16.7 Å². The summed E-state index contributed by atoms with van der Waals surface area (Å²) in [4.78, 5) is 13.3. The number of hydrogen-bond acceptors (Lipinski definition) is 5. The molecule has 1 amide bonds. The van der Waals surface area contributed by atoms with Gasteiger partial charge >= 0.3 is 6.09 Å². The second-order valence-electron chi connectivity index (χ2n) is 5.27. The average Bonchev–Trinajstić information content (AvgIpc) is 2.37. The molecule has 0 aromatic rings. The minimum atomic E-state index is -0.669. The highest BCUT2D eigenvalue weighted by molar-refractivity contribution is 7.98. The molecule has 6 heteroatoms. The van der Waals surface area contributed by atoms with Crippen LogP contribution in [-0.4, -0.2) is 66.0 Å². The van der Waals surface area contributed by atoms with Crippen molar-refractivity contribution in [3.63, 3.8) is 0 Å². The molecule has 1 saturated heterocycles. The van der Waals surface area contributed by atoms with E-state index in [0.29, 0.717) is 19.2 Å². The van der Waals surface area contributed by atoms with E-state index < -0.39 is 5.60 Å². The minimum absolute atomic E-state index is 0.213. The summed E-state index contributed by atoms with van der Waals surface area (Å²) < 4.78 is 4.99. The fourth-order valence-corrected chi connectivity index (χ4v) is 2.93. The highest BCUT2D eigenvalue weighted by Crippen LogP contribution is 2.14. The Bertz CT molecular complexity index is 279. The van der Waals surface area contributed by atoms with Crippen LogP contribution in [0.25, 0.3) is 0 Å². The number of hydrogen-bond donors (Lipinski definition) is 2. The van der Waals surface area contributed by atoms with Crippen LogP contribution in [0.5, 0.6) is 0 Å². The van der Waals surface area contributed by atoms with E-state index in [0.717, 1.165) is 31.7 Å². The van der Waals surface area contributed by atoms with Gasteiger partial charge in [-0.25, -0.2) is 4.79 Å². The maximum atomic E-state index is 11.5. The fourth-order valence-electron chi connectivity index (χ4n) is 2.21.